The first-order chi connectivity index (χ1) is 8.99. The average molecular weight is 392 g/mol. The van der Waals surface area contributed by atoms with E-state index in [0.29, 0.717) is 4.47 Å². The number of nitrogens with zero attached hydrogens (tertiary/aromatic N) is 2. The van der Waals surface area contributed by atoms with E-state index in [9.17, 15) is 14.5 Å². The van der Waals surface area contributed by atoms with E-state index < -0.39 is 10.7 Å². The normalized spacial score (nSPS) is 10.3. The van der Waals surface area contributed by atoms with Crippen molar-refractivity contribution < 1.29 is 14.1 Å². The first-order valence-electron chi connectivity index (χ1n) is 4.90. The Labute approximate surface area is 123 Å². The first-order valence-corrected chi connectivity index (χ1v) is 6.48. The Hall–Kier alpha value is -1.54. The Balaban J connectivity index is 2.42. The van der Waals surface area contributed by atoms with Crippen LogP contribution in [0, 0.1) is 15.9 Å². The number of hydrogen-bond donors (Lipinski definition) is 0. The van der Waals surface area contributed by atoms with Crippen LogP contribution < -0.4 is 4.74 Å². The molecule has 0 N–H and O–H groups in total. The van der Waals surface area contributed by atoms with Crippen LogP contribution in [0.25, 0.3) is 0 Å². The minimum atomic E-state index is -0.605. The maximum absolute atomic E-state index is 13.1. The molecule has 1 aromatic carbocycles. The lowest BCUT2D eigenvalue weighted by Crippen LogP contribution is -1.95. The lowest BCUT2D eigenvalue weighted by atomic mass is 10.3. The third kappa shape index (κ3) is 3.07. The van der Waals surface area contributed by atoms with E-state index in [4.69, 9.17) is 4.74 Å². The Morgan fingerprint density at radius 2 is 2.00 bits per heavy atom. The van der Waals surface area contributed by atoms with E-state index >= 15 is 0 Å². The second-order valence-electron chi connectivity index (χ2n) is 3.40. The molecule has 0 saturated carbocycles. The molecule has 0 radical (unpaired) electrons. The minimum Gasteiger partial charge on any atom is -0.449 e. The van der Waals surface area contributed by atoms with E-state index in [1.165, 1.54) is 24.4 Å². The zero-order chi connectivity index (χ0) is 14.0. The molecule has 0 aliphatic rings. The standard InChI is InChI=1S/C11H5Br2FN2O3/c12-7-3-6(1-2-9(7)14)19-11-8(13)4-15-5-10(11)16(17)18/h1-5H. The van der Waals surface area contributed by atoms with Crippen LogP contribution in [-0.4, -0.2) is 9.91 Å². The number of ether oxygens (including phenoxy) is 1. The van der Waals surface area contributed by atoms with Crippen molar-refractivity contribution in [3.05, 3.63) is 55.5 Å². The molecule has 5 nitrogen and oxygen atoms in total. The summed E-state index contributed by atoms with van der Waals surface area (Å²) in [6.45, 7) is 0. The fourth-order valence-corrected chi connectivity index (χ4v) is 2.06. The van der Waals surface area contributed by atoms with Crippen molar-refractivity contribution >= 4 is 37.5 Å². The molecule has 0 amide bonds. The number of rotatable bonds is 3. The topological polar surface area (TPSA) is 65.3 Å². The van der Waals surface area contributed by atoms with Gasteiger partial charge in [0.25, 0.3) is 0 Å². The van der Waals surface area contributed by atoms with Crippen LogP contribution in [0.1, 0.15) is 0 Å². The number of benzene rings is 1. The van der Waals surface area contributed by atoms with Crippen molar-refractivity contribution in [2.75, 3.05) is 0 Å². The Morgan fingerprint density at radius 3 is 2.63 bits per heavy atom. The van der Waals surface area contributed by atoms with Crippen molar-refractivity contribution in [1.82, 2.24) is 4.98 Å². The van der Waals surface area contributed by atoms with Crippen LogP contribution >= 0.6 is 31.9 Å². The molecule has 2 rings (SSSR count). The summed E-state index contributed by atoms with van der Waals surface area (Å²) in [6.07, 6.45) is 2.46. The highest BCUT2D eigenvalue weighted by molar-refractivity contribution is 9.10. The van der Waals surface area contributed by atoms with E-state index in [2.05, 4.69) is 36.8 Å². The van der Waals surface area contributed by atoms with Gasteiger partial charge < -0.3 is 4.74 Å². The number of hydrogen-bond acceptors (Lipinski definition) is 4. The van der Waals surface area contributed by atoms with Gasteiger partial charge in [-0.15, -0.1) is 0 Å². The van der Waals surface area contributed by atoms with E-state index in [0.717, 1.165) is 6.20 Å². The monoisotopic (exact) mass is 390 g/mol. The van der Waals surface area contributed by atoms with Crippen molar-refractivity contribution in [1.29, 1.82) is 0 Å². The molecule has 98 valence electrons. The van der Waals surface area contributed by atoms with Crippen LogP contribution in [0.15, 0.2) is 39.5 Å². The van der Waals surface area contributed by atoms with Crippen LogP contribution in [0.4, 0.5) is 10.1 Å². The van der Waals surface area contributed by atoms with Gasteiger partial charge in [-0.3, -0.25) is 15.1 Å². The van der Waals surface area contributed by atoms with Gasteiger partial charge in [0.1, 0.15) is 17.8 Å². The summed E-state index contributed by atoms with van der Waals surface area (Å²) in [5.41, 5.74) is -0.283. The maximum atomic E-state index is 13.1. The highest BCUT2D eigenvalue weighted by atomic mass is 79.9. The van der Waals surface area contributed by atoms with Crippen LogP contribution in [0.5, 0.6) is 11.5 Å². The molecule has 0 atom stereocenters. The van der Waals surface area contributed by atoms with Gasteiger partial charge in [-0.25, -0.2) is 4.39 Å². The van der Waals surface area contributed by atoms with Crippen molar-refractivity contribution in [3.63, 3.8) is 0 Å². The van der Waals surface area contributed by atoms with Gasteiger partial charge in [0.05, 0.1) is 13.9 Å². The average Bonchev–Trinajstić information content (AvgIpc) is 2.36. The number of aromatic nitrogens is 1. The lowest BCUT2D eigenvalue weighted by molar-refractivity contribution is -0.386. The zero-order valence-corrected chi connectivity index (χ0v) is 12.3. The molecule has 0 unspecified atom stereocenters. The highest BCUT2D eigenvalue weighted by Gasteiger charge is 2.20. The molecule has 0 spiro atoms. The Morgan fingerprint density at radius 1 is 1.26 bits per heavy atom. The van der Waals surface area contributed by atoms with Gasteiger partial charge in [-0.2, -0.15) is 0 Å². The molecule has 1 aromatic heterocycles. The van der Waals surface area contributed by atoms with Gasteiger partial charge >= 0.3 is 5.69 Å². The molecule has 8 heteroatoms. The number of nitro groups is 1. The molecule has 19 heavy (non-hydrogen) atoms. The molecule has 0 aliphatic heterocycles. The molecular weight excluding hydrogens is 387 g/mol. The summed E-state index contributed by atoms with van der Waals surface area (Å²) in [5.74, 6) is -0.169. The number of halogens is 3. The van der Waals surface area contributed by atoms with Gasteiger partial charge in [-0.05, 0) is 50.1 Å². The maximum Gasteiger partial charge on any atom is 0.330 e. The van der Waals surface area contributed by atoms with Crippen LogP contribution in [-0.2, 0) is 0 Å². The molecule has 0 saturated heterocycles. The fraction of sp³-hybridized carbons (Fsp3) is 0. The summed E-state index contributed by atoms with van der Waals surface area (Å²) in [5, 5.41) is 10.9. The summed E-state index contributed by atoms with van der Waals surface area (Å²) >= 11 is 6.14. The van der Waals surface area contributed by atoms with E-state index in [-0.39, 0.29) is 21.7 Å². The second kappa shape index (κ2) is 5.62. The number of pyridine rings is 1. The summed E-state index contributed by atoms with van der Waals surface area (Å²) in [6, 6.07) is 3.95. The van der Waals surface area contributed by atoms with Crippen LogP contribution in [0.2, 0.25) is 0 Å². The van der Waals surface area contributed by atoms with E-state index in [1.807, 2.05) is 0 Å². The van der Waals surface area contributed by atoms with Crippen molar-refractivity contribution in [2.45, 2.75) is 0 Å². The van der Waals surface area contributed by atoms with Gasteiger partial charge in [0.2, 0.25) is 5.75 Å². The van der Waals surface area contributed by atoms with Gasteiger partial charge in [0, 0.05) is 6.20 Å². The third-order valence-corrected chi connectivity index (χ3v) is 3.31. The van der Waals surface area contributed by atoms with Gasteiger partial charge in [-0.1, -0.05) is 0 Å². The molecular formula is C11H5Br2FN2O3. The Kier molecular flexibility index (Phi) is 4.11. The van der Waals surface area contributed by atoms with Gasteiger partial charge in [0.15, 0.2) is 0 Å². The largest absolute Gasteiger partial charge is 0.449 e. The Bertz CT molecular complexity index is 652. The highest BCUT2D eigenvalue weighted by Crippen LogP contribution is 2.37. The quantitative estimate of drug-likeness (QED) is 0.572. The molecule has 0 fully saturated rings. The van der Waals surface area contributed by atoms with Crippen molar-refractivity contribution in [3.8, 4) is 11.5 Å². The molecule has 1 heterocycles. The second-order valence-corrected chi connectivity index (χ2v) is 5.11. The SMILES string of the molecule is O=[N+]([O-])c1cncc(Br)c1Oc1ccc(F)c(Br)c1. The predicted molar refractivity (Wildman–Crippen MR) is 72.8 cm³/mol. The van der Waals surface area contributed by atoms with E-state index in [1.54, 1.807) is 0 Å². The summed E-state index contributed by atoms with van der Waals surface area (Å²) in [4.78, 5) is 14.0. The first kappa shape index (κ1) is 13.9. The van der Waals surface area contributed by atoms with Crippen LogP contribution in [0.3, 0.4) is 0 Å². The fourth-order valence-electron chi connectivity index (χ4n) is 1.30. The zero-order valence-electron chi connectivity index (χ0n) is 9.14. The predicted octanol–water partition coefficient (Wildman–Crippen LogP) is 4.45. The smallest absolute Gasteiger partial charge is 0.330 e. The summed E-state index contributed by atoms with van der Waals surface area (Å²) in [7, 11) is 0. The molecule has 2 aromatic rings. The minimum absolute atomic E-state index is 0.0125. The lowest BCUT2D eigenvalue weighted by Gasteiger charge is -2.08. The molecule has 0 aliphatic carbocycles. The summed E-state index contributed by atoms with van der Waals surface area (Å²) < 4.78 is 19.0. The molecule has 0 bridgehead atoms. The third-order valence-electron chi connectivity index (χ3n) is 2.14. The van der Waals surface area contributed by atoms with Crippen molar-refractivity contribution in [2.24, 2.45) is 0 Å².